The second kappa shape index (κ2) is 9.10. The molecule has 2 heterocycles. The van der Waals surface area contributed by atoms with Crippen molar-refractivity contribution in [2.75, 3.05) is 6.61 Å². The molecule has 0 saturated heterocycles. The molecule has 2 atom stereocenters. The number of guanidine groups is 1. The fourth-order valence-electron chi connectivity index (χ4n) is 4.61. The number of benzene rings is 2. The summed E-state index contributed by atoms with van der Waals surface area (Å²) in [5.74, 6) is 0.457. The Morgan fingerprint density at radius 2 is 1.97 bits per heavy atom. The van der Waals surface area contributed by atoms with E-state index in [1.165, 1.54) is 4.90 Å². The number of nitrogens with one attached hydrogen (secondary N) is 1. The molecule has 4 rings (SSSR count). The lowest BCUT2D eigenvalue weighted by molar-refractivity contribution is -0.130. The molecule has 2 amide bonds. The summed E-state index contributed by atoms with van der Waals surface area (Å²) < 4.78 is 5.65. The Morgan fingerprint density at radius 1 is 1.24 bits per heavy atom. The van der Waals surface area contributed by atoms with Crippen LogP contribution in [0.5, 0.6) is 5.75 Å². The molecule has 2 aromatic carbocycles. The zero-order chi connectivity index (χ0) is 24.5. The van der Waals surface area contributed by atoms with Gasteiger partial charge in [-0.05, 0) is 43.5 Å². The number of carbonyl (C=O) groups is 2. The number of amides is 2. The average molecular weight is 465 g/mol. The molecular weight excluding hydrogens is 432 g/mol. The highest BCUT2D eigenvalue weighted by atomic mass is 16.5. The number of para-hydroxylation sites is 1. The number of ether oxygens (including phenoxy) is 1. The summed E-state index contributed by atoms with van der Waals surface area (Å²) >= 11 is 0. The second-order valence-electron chi connectivity index (χ2n) is 9.35. The van der Waals surface area contributed by atoms with Crippen LogP contribution < -0.4 is 15.8 Å². The van der Waals surface area contributed by atoms with Crippen molar-refractivity contribution in [3.05, 3.63) is 65.2 Å². The van der Waals surface area contributed by atoms with Crippen molar-refractivity contribution in [1.29, 1.82) is 0 Å². The van der Waals surface area contributed by atoms with Crippen molar-refractivity contribution in [1.82, 2.24) is 10.2 Å². The molecule has 2 aromatic rings. The lowest BCUT2D eigenvalue weighted by atomic mass is 9.87. The van der Waals surface area contributed by atoms with Gasteiger partial charge in [0.1, 0.15) is 18.0 Å². The highest BCUT2D eigenvalue weighted by Gasteiger charge is 2.41. The summed E-state index contributed by atoms with van der Waals surface area (Å²) in [6, 6.07) is 13.8. The summed E-state index contributed by atoms with van der Waals surface area (Å²) in [4.78, 5) is 32.1. The molecule has 1 unspecified atom stereocenters. The molecule has 0 aliphatic carbocycles. The van der Waals surface area contributed by atoms with Gasteiger partial charge in [-0.3, -0.25) is 14.5 Å². The standard InChI is InChI=1S/C26H32N4O4/c1-4-26(5-2)14-21(31)30(24(27)29-26)15-17-9-8-10-18(13-17)23(32)28-22-19-11-6-7-12-20(19)34-16-25(22,3)33/h6-13,22,33H,4-5,14-16H2,1-3H3,(H2,27,29)(H,28,32)/t22-,25?/m0/s1. The van der Waals surface area contributed by atoms with Crippen molar-refractivity contribution in [2.24, 2.45) is 10.7 Å². The first-order valence-corrected chi connectivity index (χ1v) is 11.7. The van der Waals surface area contributed by atoms with Gasteiger partial charge in [0.05, 0.1) is 24.5 Å². The maximum absolute atomic E-state index is 13.2. The Labute approximate surface area is 199 Å². The second-order valence-corrected chi connectivity index (χ2v) is 9.35. The molecule has 2 aliphatic rings. The molecule has 2 aliphatic heterocycles. The first-order chi connectivity index (χ1) is 16.2. The van der Waals surface area contributed by atoms with E-state index in [0.29, 0.717) is 17.7 Å². The Kier molecular flexibility index (Phi) is 6.36. The largest absolute Gasteiger partial charge is 0.490 e. The van der Waals surface area contributed by atoms with Crippen LogP contribution in [0.25, 0.3) is 0 Å². The van der Waals surface area contributed by atoms with E-state index in [0.717, 1.165) is 24.0 Å². The van der Waals surface area contributed by atoms with Gasteiger partial charge in [-0.1, -0.05) is 44.2 Å². The van der Waals surface area contributed by atoms with Crippen LogP contribution >= 0.6 is 0 Å². The molecule has 8 nitrogen and oxygen atoms in total. The molecule has 0 fully saturated rings. The number of hydrogen-bond donors (Lipinski definition) is 3. The molecule has 8 heteroatoms. The van der Waals surface area contributed by atoms with Crippen molar-refractivity contribution in [2.45, 2.75) is 63.8 Å². The van der Waals surface area contributed by atoms with Gasteiger partial charge in [0, 0.05) is 11.1 Å². The summed E-state index contributed by atoms with van der Waals surface area (Å²) in [5, 5.41) is 13.8. The van der Waals surface area contributed by atoms with E-state index in [1.807, 2.05) is 44.2 Å². The first-order valence-electron chi connectivity index (χ1n) is 11.7. The van der Waals surface area contributed by atoms with E-state index in [2.05, 4.69) is 10.3 Å². The fraction of sp³-hybridized carbons (Fsp3) is 0.423. The van der Waals surface area contributed by atoms with Crippen LogP contribution in [-0.4, -0.2) is 45.5 Å². The van der Waals surface area contributed by atoms with E-state index in [-0.39, 0.29) is 30.9 Å². The minimum absolute atomic E-state index is 0.0686. The van der Waals surface area contributed by atoms with Gasteiger partial charge in [0.2, 0.25) is 5.91 Å². The lowest BCUT2D eigenvalue weighted by Crippen LogP contribution is -2.51. The number of nitrogens with zero attached hydrogens (tertiary/aromatic N) is 2. The van der Waals surface area contributed by atoms with Crippen molar-refractivity contribution in [3.63, 3.8) is 0 Å². The van der Waals surface area contributed by atoms with Crippen molar-refractivity contribution in [3.8, 4) is 5.75 Å². The van der Waals surface area contributed by atoms with Crippen LogP contribution in [0.1, 0.15) is 67.6 Å². The number of fused-ring (bicyclic) bond motifs is 1. The molecule has 0 radical (unpaired) electrons. The highest BCUT2D eigenvalue weighted by Crippen LogP contribution is 2.37. The van der Waals surface area contributed by atoms with Gasteiger partial charge in [-0.2, -0.15) is 0 Å². The molecule has 0 saturated carbocycles. The van der Waals surface area contributed by atoms with E-state index >= 15 is 0 Å². The summed E-state index contributed by atoms with van der Waals surface area (Å²) in [6.45, 7) is 5.97. The van der Waals surface area contributed by atoms with Gasteiger partial charge in [0.25, 0.3) is 5.91 Å². The fourth-order valence-corrected chi connectivity index (χ4v) is 4.61. The first kappa shape index (κ1) is 23.8. The Hall–Kier alpha value is -3.39. The Bertz CT molecular complexity index is 1120. The molecule has 0 spiro atoms. The topological polar surface area (TPSA) is 117 Å². The SMILES string of the molecule is CCC1(CC)CC(=O)N(Cc2cccc(C(=O)N[C@H]3c4ccccc4OCC3(C)O)c2)C(N)=N1. The third-order valence-corrected chi connectivity index (χ3v) is 6.90. The molecule has 4 N–H and O–H groups in total. The predicted octanol–water partition coefficient (Wildman–Crippen LogP) is 2.91. The van der Waals surface area contributed by atoms with E-state index in [1.54, 1.807) is 25.1 Å². The maximum atomic E-state index is 13.2. The quantitative estimate of drug-likeness (QED) is 0.608. The maximum Gasteiger partial charge on any atom is 0.251 e. The monoisotopic (exact) mass is 464 g/mol. The summed E-state index contributed by atoms with van der Waals surface area (Å²) in [6.07, 6.45) is 1.82. The van der Waals surface area contributed by atoms with Crippen molar-refractivity contribution >= 4 is 17.8 Å². The van der Waals surface area contributed by atoms with Crippen LogP contribution in [0.4, 0.5) is 0 Å². The van der Waals surface area contributed by atoms with Crippen LogP contribution in [0.3, 0.4) is 0 Å². The number of rotatable bonds is 6. The number of aliphatic hydroxyl groups is 1. The number of aliphatic imine (C=N–C) groups is 1. The molecule has 180 valence electrons. The molecule has 0 aromatic heterocycles. The molecular formula is C26H32N4O4. The predicted molar refractivity (Wildman–Crippen MR) is 129 cm³/mol. The van der Waals surface area contributed by atoms with Crippen LogP contribution in [-0.2, 0) is 11.3 Å². The van der Waals surface area contributed by atoms with Crippen LogP contribution in [0.2, 0.25) is 0 Å². The van der Waals surface area contributed by atoms with Gasteiger partial charge in [-0.15, -0.1) is 0 Å². The summed E-state index contributed by atoms with van der Waals surface area (Å²) in [5.41, 5.74) is 6.39. The highest BCUT2D eigenvalue weighted by molar-refractivity contribution is 5.99. The average Bonchev–Trinajstić information content (AvgIpc) is 2.83. The third kappa shape index (κ3) is 4.50. The zero-order valence-corrected chi connectivity index (χ0v) is 19.9. The summed E-state index contributed by atoms with van der Waals surface area (Å²) in [7, 11) is 0. The molecule has 0 bridgehead atoms. The van der Waals surface area contributed by atoms with E-state index in [4.69, 9.17) is 10.5 Å². The van der Waals surface area contributed by atoms with Gasteiger partial charge in [-0.25, -0.2) is 4.99 Å². The molecule has 34 heavy (non-hydrogen) atoms. The number of carbonyl (C=O) groups excluding carboxylic acids is 2. The lowest BCUT2D eigenvalue weighted by Gasteiger charge is -2.38. The van der Waals surface area contributed by atoms with Crippen molar-refractivity contribution < 1.29 is 19.4 Å². The van der Waals surface area contributed by atoms with Gasteiger partial charge in [0.15, 0.2) is 5.96 Å². The smallest absolute Gasteiger partial charge is 0.251 e. The normalized spacial score (nSPS) is 23.5. The Balaban J connectivity index is 1.53. The minimum atomic E-state index is -1.27. The number of nitrogens with two attached hydrogens (primary N) is 1. The minimum Gasteiger partial charge on any atom is -0.490 e. The van der Waals surface area contributed by atoms with Gasteiger partial charge < -0.3 is 20.9 Å². The number of hydrogen-bond acceptors (Lipinski definition) is 6. The Morgan fingerprint density at radius 3 is 2.68 bits per heavy atom. The van der Waals surface area contributed by atoms with Crippen LogP contribution in [0, 0.1) is 0 Å². The van der Waals surface area contributed by atoms with E-state index < -0.39 is 17.2 Å². The van der Waals surface area contributed by atoms with Crippen LogP contribution in [0.15, 0.2) is 53.5 Å². The zero-order valence-electron chi connectivity index (χ0n) is 19.9. The van der Waals surface area contributed by atoms with E-state index in [9.17, 15) is 14.7 Å². The third-order valence-electron chi connectivity index (χ3n) is 6.90. The van der Waals surface area contributed by atoms with Gasteiger partial charge >= 0.3 is 0 Å².